The van der Waals surface area contributed by atoms with E-state index in [9.17, 15) is 4.79 Å². The van der Waals surface area contributed by atoms with Crippen molar-refractivity contribution < 1.29 is 4.79 Å². The van der Waals surface area contributed by atoms with Gasteiger partial charge in [0.2, 0.25) is 5.82 Å². The molecule has 0 unspecified atom stereocenters. The molecule has 0 bridgehead atoms. The zero-order valence-corrected chi connectivity index (χ0v) is 15.8. The lowest BCUT2D eigenvalue weighted by Gasteiger charge is -2.09. The molecule has 3 aromatic carbocycles. The molecule has 28 heavy (non-hydrogen) atoms. The predicted octanol–water partition coefficient (Wildman–Crippen LogP) is 4.80. The Bertz CT molecular complexity index is 1040. The lowest BCUT2D eigenvalue weighted by Crippen LogP contribution is -2.16. The van der Waals surface area contributed by atoms with Crippen LogP contribution in [0, 0.1) is 13.8 Å². The van der Waals surface area contributed by atoms with E-state index in [4.69, 9.17) is 0 Å². The average Bonchev–Trinajstić information content (AvgIpc) is 3.18. The molecular formula is C23H20N4O. The number of aromatic nitrogens is 3. The van der Waals surface area contributed by atoms with Crippen molar-refractivity contribution in [3.63, 3.8) is 0 Å². The van der Waals surface area contributed by atoms with Gasteiger partial charge in [-0.15, -0.1) is 5.10 Å². The van der Waals surface area contributed by atoms with Gasteiger partial charge in [0.25, 0.3) is 5.91 Å². The Morgan fingerprint density at radius 3 is 2.07 bits per heavy atom. The van der Waals surface area contributed by atoms with Crippen LogP contribution in [0.15, 0.2) is 78.9 Å². The lowest BCUT2D eigenvalue weighted by molar-refractivity contribution is 0.101. The van der Waals surface area contributed by atoms with Crippen LogP contribution in [0.4, 0.5) is 5.69 Å². The van der Waals surface area contributed by atoms with Crippen LogP contribution in [-0.2, 0) is 0 Å². The summed E-state index contributed by atoms with van der Waals surface area (Å²) >= 11 is 0. The van der Waals surface area contributed by atoms with Crippen molar-refractivity contribution in [2.24, 2.45) is 0 Å². The maximum absolute atomic E-state index is 12.9. The van der Waals surface area contributed by atoms with Gasteiger partial charge in [-0.2, -0.15) is 0 Å². The summed E-state index contributed by atoms with van der Waals surface area (Å²) in [7, 11) is 0. The Labute approximate surface area is 163 Å². The van der Waals surface area contributed by atoms with Crippen LogP contribution in [0.1, 0.15) is 21.7 Å². The third-order valence-corrected chi connectivity index (χ3v) is 4.56. The highest BCUT2D eigenvalue weighted by molar-refractivity contribution is 6.02. The van der Waals surface area contributed by atoms with Gasteiger partial charge < -0.3 is 5.32 Å². The molecule has 0 saturated heterocycles. The summed E-state index contributed by atoms with van der Waals surface area (Å²) in [6.07, 6.45) is 0. The van der Waals surface area contributed by atoms with Crippen LogP contribution in [-0.4, -0.2) is 20.7 Å². The first-order chi connectivity index (χ1) is 13.6. The molecule has 0 aliphatic carbocycles. The van der Waals surface area contributed by atoms with Crippen LogP contribution in [0.2, 0.25) is 0 Å². The van der Waals surface area contributed by atoms with Crippen molar-refractivity contribution in [1.29, 1.82) is 0 Å². The number of anilines is 1. The number of hydrogen-bond donors (Lipinski definition) is 1. The highest BCUT2D eigenvalue weighted by Crippen LogP contribution is 2.23. The van der Waals surface area contributed by atoms with E-state index in [-0.39, 0.29) is 11.7 Å². The molecule has 0 atom stereocenters. The van der Waals surface area contributed by atoms with Gasteiger partial charge in [0.1, 0.15) is 0 Å². The number of carbonyl (C=O) groups excluding carboxylic acids is 1. The molecule has 0 radical (unpaired) electrons. The first-order valence-corrected chi connectivity index (χ1v) is 9.09. The van der Waals surface area contributed by atoms with Crippen molar-refractivity contribution in [2.75, 3.05) is 5.32 Å². The molecule has 1 heterocycles. The minimum Gasteiger partial charge on any atom is -0.319 e. The second-order valence-corrected chi connectivity index (χ2v) is 6.59. The molecule has 138 valence electrons. The van der Waals surface area contributed by atoms with E-state index in [0.29, 0.717) is 5.82 Å². The van der Waals surface area contributed by atoms with Gasteiger partial charge in [-0.1, -0.05) is 66.7 Å². The normalized spacial score (nSPS) is 10.6. The van der Waals surface area contributed by atoms with Crippen LogP contribution < -0.4 is 5.32 Å². The quantitative estimate of drug-likeness (QED) is 0.563. The fourth-order valence-electron chi connectivity index (χ4n) is 3.11. The lowest BCUT2D eigenvalue weighted by atomic mass is 10.1. The van der Waals surface area contributed by atoms with Crippen molar-refractivity contribution in [1.82, 2.24) is 14.8 Å². The summed E-state index contributed by atoms with van der Waals surface area (Å²) in [5, 5.41) is 7.47. The molecule has 1 amide bonds. The van der Waals surface area contributed by atoms with Gasteiger partial charge in [-0.25, -0.2) is 9.67 Å². The zero-order chi connectivity index (χ0) is 19.5. The van der Waals surface area contributed by atoms with Gasteiger partial charge in [0.05, 0.1) is 5.69 Å². The number of hydrogen-bond acceptors (Lipinski definition) is 3. The summed E-state index contributed by atoms with van der Waals surface area (Å²) < 4.78 is 1.70. The zero-order valence-electron chi connectivity index (χ0n) is 15.8. The van der Waals surface area contributed by atoms with Crippen molar-refractivity contribution in [3.05, 3.63) is 95.8 Å². The van der Waals surface area contributed by atoms with Crippen molar-refractivity contribution in [3.8, 4) is 17.1 Å². The molecule has 0 aliphatic heterocycles. The summed E-state index contributed by atoms with van der Waals surface area (Å²) in [5.41, 5.74) is 4.54. The summed E-state index contributed by atoms with van der Waals surface area (Å²) in [6, 6.07) is 25.3. The molecule has 0 fully saturated rings. The van der Waals surface area contributed by atoms with Gasteiger partial charge in [-0.05, 0) is 37.1 Å². The van der Waals surface area contributed by atoms with Gasteiger partial charge in [0, 0.05) is 11.3 Å². The molecule has 5 heteroatoms. The number of benzene rings is 3. The number of amides is 1. The third-order valence-electron chi connectivity index (χ3n) is 4.56. The minimum atomic E-state index is -0.329. The number of nitrogens with one attached hydrogen (secondary N) is 1. The van der Waals surface area contributed by atoms with E-state index in [1.807, 2.05) is 92.7 Å². The molecular weight excluding hydrogens is 348 g/mol. The predicted molar refractivity (Wildman–Crippen MR) is 111 cm³/mol. The number of rotatable bonds is 4. The standard InChI is InChI=1S/C23H20N4O/c1-16-10-9-11-17(2)20(16)24-23(28)21-25-22(18-12-5-3-6-13-18)27(26-21)19-14-7-4-8-15-19/h3-15H,1-2H3,(H,24,28). The number of para-hydroxylation sites is 2. The molecule has 1 aromatic heterocycles. The second-order valence-electron chi connectivity index (χ2n) is 6.59. The number of aryl methyl sites for hydroxylation is 2. The molecule has 0 aliphatic rings. The fraction of sp³-hybridized carbons (Fsp3) is 0.0870. The van der Waals surface area contributed by atoms with Crippen LogP contribution in [0.3, 0.4) is 0 Å². The summed E-state index contributed by atoms with van der Waals surface area (Å²) in [6.45, 7) is 3.93. The van der Waals surface area contributed by atoms with Crippen molar-refractivity contribution >= 4 is 11.6 Å². The highest BCUT2D eigenvalue weighted by Gasteiger charge is 2.19. The third kappa shape index (κ3) is 3.42. The fourth-order valence-corrected chi connectivity index (χ4v) is 3.11. The SMILES string of the molecule is Cc1cccc(C)c1NC(=O)c1nc(-c2ccccc2)n(-c2ccccc2)n1. The largest absolute Gasteiger partial charge is 0.319 e. The molecule has 0 spiro atoms. The Hall–Kier alpha value is -3.73. The number of nitrogens with zero attached hydrogens (tertiary/aromatic N) is 3. The van der Waals surface area contributed by atoms with E-state index in [1.165, 1.54) is 0 Å². The summed E-state index contributed by atoms with van der Waals surface area (Å²) in [4.78, 5) is 17.4. The maximum atomic E-state index is 12.9. The van der Waals surface area contributed by atoms with Crippen LogP contribution in [0.5, 0.6) is 0 Å². The van der Waals surface area contributed by atoms with Gasteiger partial charge in [-0.3, -0.25) is 4.79 Å². The Balaban J connectivity index is 1.76. The van der Waals surface area contributed by atoms with Crippen LogP contribution in [0.25, 0.3) is 17.1 Å². The van der Waals surface area contributed by atoms with Gasteiger partial charge in [0.15, 0.2) is 5.82 Å². The molecule has 0 saturated carbocycles. The van der Waals surface area contributed by atoms with E-state index < -0.39 is 0 Å². The monoisotopic (exact) mass is 368 g/mol. The minimum absolute atomic E-state index is 0.130. The second kappa shape index (κ2) is 7.48. The number of carbonyl (C=O) groups is 1. The smallest absolute Gasteiger partial charge is 0.295 e. The van der Waals surface area contributed by atoms with E-state index in [2.05, 4.69) is 15.4 Å². The average molecular weight is 368 g/mol. The first-order valence-electron chi connectivity index (χ1n) is 9.09. The van der Waals surface area contributed by atoms with Gasteiger partial charge >= 0.3 is 0 Å². The topological polar surface area (TPSA) is 59.8 Å². The summed E-state index contributed by atoms with van der Waals surface area (Å²) in [5.74, 6) is 0.424. The highest BCUT2D eigenvalue weighted by atomic mass is 16.2. The molecule has 4 rings (SSSR count). The van der Waals surface area contributed by atoms with Crippen LogP contribution >= 0.6 is 0 Å². The molecule has 1 N–H and O–H groups in total. The Morgan fingerprint density at radius 2 is 1.43 bits per heavy atom. The van der Waals surface area contributed by atoms with E-state index >= 15 is 0 Å². The molecule has 4 aromatic rings. The Kier molecular flexibility index (Phi) is 4.72. The Morgan fingerprint density at radius 1 is 0.821 bits per heavy atom. The maximum Gasteiger partial charge on any atom is 0.295 e. The first kappa shape index (κ1) is 17.7. The molecule has 5 nitrogen and oxygen atoms in total. The van der Waals surface area contributed by atoms with Crippen molar-refractivity contribution in [2.45, 2.75) is 13.8 Å². The van der Waals surface area contributed by atoms with E-state index in [1.54, 1.807) is 4.68 Å². The van der Waals surface area contributed by atoms with E-state index in [0.717, 1.165) is 28.1 Å².